The van der Waals surface area contributed by atoms with Crippen molar-refractivity contribution in [3.8, 4) is 0 Å². The second kappa shape index (κ2) is 13.9. The molecule has 0 nitrogen and oxygen atoms in total. The smallest absolute Gasteiger partial charge is 0.00120 e. The summed E-state index contributed by atoms with van der Waals surface area (Å²) in [5.41, 5.74) is 8.62. The molecule has 0 bridgehead atoms. The van der Waals surface area contributed by atoms with Gasteiger partial charge in [-0.2, -0.15) is 0 Å². The Labute approximate surface area is 276 Å². The molecule has 0 aromatic heterocycles. The summed E-state index contributed by atoms with van der Waals surface area (Å²) in [6, 6.07) is 55.2. The van der Waals surface area contributed by atoms with E-state index in [1.54, 1.807) is 0 Å². The van der Waals surface area contributed by atoms with Crippen molar-refractivity contribution in [1.29, 1.82) is 0 Å². The van der Waals surface area contributed by atoms with Gasteiger partial charge in [0.05, 0.1) is 0 Å². The highest BCUT2D eigenvalue weighted by Crippen LogP contribution is 2.66. The third kappa shape index (κ3) is 5.94. The van der Waals surface area contributed by atoms with Crippen LogP contribution >= 0.6 is 0 Å². The molecule has 2 saturated carbocycles. The number of benzene rings is 5. The third-order valence-corrected chi connectivity index (χ3v) is 11.0. The van der Waals surface area contributed by atoms with Gasteiger partial charge in [0.1, 0.15) is 0 Å². The lowest BCUT2D eigenvalue weighted by Gasteiger charge is -2.29. The van der Waals surface area contributed by atoms with Gasteiger partial charge < -0.3 is 0 Å². The largest absolute Gasteiger partial charge is 0.103 e. The molecule has 0 radical (unpaired) electrons. The average Bonchev–Trinajstić information content (AvgIpc) is 3.72. The minimum absolute atomic E-state index is 0.313. The first-order valence-electron chi connectivity index (χ1n) is 17.4. The van der Waals surface area contributed by atoms with E-state index in [9.17, 15) is 0 Å². The Morgan fingerprint density at radius 1 is 0.478 bits per heavy atom. The number of allylic oxidation sites excluding steroid dienone is 3. The van der Waals surface area contributed by atoms with Crippen molar-refractivity contribution in [3.05, 3.63) is 204 Å². The second-order valence-corrected chi connectivity index (χ2v) is 13.5. The molecule has 6 unspecified atom stereocenters. The van der Waals surface area contributed by atoms with Crippen LogP contribution in [0.3, 0.4) is 0 Å². The molecule has 0 heteroatoms. The topological polar surface area (TPSA) is 0 Å². The van der Waals surface area contributed by atoms with Gasteiger partial charge in [-0.15, -0.1) is 6.58 Å². The third-order valence-electron chi connectivity index (χ3n) is 11.0. The lowest BCUT2D eigenvalue weighted by molar-refractivity contribution is 0.551. The van der Waals surface area contributed by atoms with E-state index < -0.39 is 0 Å². The highest BCUT2D eigenvalue weighted by atomic mass is 14.5. The van der Waals surface area contributed by atoms with E-state index in [1.807, 2.05) is 0 Å². The Hall–Kier alpha value is -4.42. The van der Waals surface area contributed by atoms with Crippen LogP contribution in [0.25, 0.3) is 0 Å². The molecule has 46 heavy (non-hydrogen) atoms. The quantitative estimate of drug-likeness (QED) is 0.148. The number of rotatable bonds is 9. The van der Waals surface area contributed by atoms with E-state index in [0.717, 1.165) is 6.42 Å². The van der Waals surface area contributed by atoms with Crippen molar-refractivity contribution >= 4 is 0 Å². The summed E-state index contributed by atoms with van der Waals surface area (Å²) in [6.07, 6.45) is 10.5. The van der Waals surface area contributed by atoms with Gasteiger partial charge in [0.15, 0.2) is 0 Å². The van der Waals surface area contributed by atoms with Crippen LogP contribution < -0.4 is 0 Å². The van der Waals surface area contributed by atoms with Crippen molar-refractivity contribution in [1.82, 2.24) is 0 Å². The van der Waals surface area contributed by atoms with E-state index >= 15 is 0 Å². The highest BCUT2D eigenvalue weighted by Gasteiger charge is 2.52. The summed E-state index contributed by atoms with van der Waals surface area (Å²) >= 11 is 0. The van der Waals surface area contributed by atoms with Gasteiger partial charge in [-0.25, -0.2) is 0 Å². The van der Waals surface area contributed by atoms with Gasteiger partial charge in [0.2, 0.25) is 0 Å². The normalized spacial score (nSPS) is 27.6. The second-order valence-electron chi connectivity index (χ2n) is 13.5. The van der Waals surface area contributed by atoms with E-state index in [0.29, 0.717) is 47.3 Å². The molecular weight excluding hydrogens is 553 g/mol. The van der Waals surface area contributed by atoms with Crippen LogP contribution in [0.5, 0.6) is 0 Å². The highest BCUT2D eigenvalue weighted by molar-refractivity contribution is 5.49. The molecule has 2 fully saturated rings. The number of hydrogen-bond acceptors (Lipinski definition) is 0. The Morgan fingerprint density at radius 2 is 0.826 bits per heavy atom. The first kappa shape index (κ1) is 30.2. The van der Waals surface area contributed by atoms with Crippen LogP contribution in [0.15, 0.2) is 170 Å². The molecule has 2 aliphatic carbocycles. The van der Waals surface area contributed by atoms with E-state index in [4.69, 9.17) is 0 Å². The minimum Gasteiger partial charge on any atom is -0.103 e. The standard InChI is InChI=1S/C46H46/c1-3-5-18-33-31-34(4-2)41(32-33)35-27-29-40(30-28-35)46-44(38-23-14-8-15-24-38)42(36-19-10-6-11-20-36)43(37-21-12-7-13-22-37)45(46)39-25-16-9-17-26-39/h4-30,33-34,41-46H,2-3,31-32H2,1H3/b18-5+/t33?,34-,41?,42?,43?,44?,45?,46?/m1/s1. The molecule has 0 heterocycles. The van der Waals surface area contributed by atoms with Gasteiger partial charge in [-0.1, -0.05) is 171 Å². The zero-order valence-electron chi connectivity index (χ0n) is 27.0. The van der Waals surface area contributed by atoms with Crippen molar-refractivity contribution in [3.63, 3.8) is 0 Å². The molecule has 5 aromatic carbocycles. The van der Waals surface area contributed by atoms with Crippen LogP contribution in [0.1, 0.15) is 95.1 Å². The monoisotopic (exact) mass is 598 g/mol. The summed E-state index contributed by atoms with van der Waals surface area (Å²) in [4.78, 5) is 0. The van der Waals surface area contributed by atoms with E-state index in [2.05, 4.69) is 177 Å². The number of hydrogen-bond donors (Lipinski definition) is 0. The van der Waals surface area contributed by atoms with Crippen LogP contribution in [-0.4, -0.2) is 0 Å². The van der Waals surface area contributed by atoms with Gasteiger partial charge in [-0.05, 0) is 100.0 Å². The van der Waals surface area contributed by atoms with Crippen LogP contribution in [0.4, 0.5) is 0 Å². The van der Waals surface area contributed by atoms with Crippen molar-refractivity contribution in [2.45, 2.75) is 61.7 Å². The van der Waals surface area contributed by atoms with Gasteiger partial charge in [0.25, 0.3) is 0 Å². The maximum absolute atomic E-state index is 4.25. The predicted molar refractivity (Wildman–Crippen MR) is 194 cm³/mol. The maximum Gasteiger partial charge on any atom is -0.00120 e. The fraction of sp³-hybridized carbons (Fsp3) is 0.261. The Morgan fingerprint density at radius 3 is 1.17 bits per heavy atom. The van der Waals surface area contributed by atoms with Crippen LogP contribution in [0.2, 0.25) is 0 Å². The SMILES string of the molecule is C=C[C@@H]1CC(/C=C/CC)CC1c1ccc(C2C(c3ccccc3)C(c3ccccc3)C(c3ccccc3)C2c2ccccc2)cc1. The predicted octanol–water partition coefficient (Wildman–Crippen LogP) is 12.2. The molecular formula is C46H46. The molecule has 7 atom stereocenters. The molecule has 0 aliphatic heterocycles. The van der Waals surface area contributed by atoms with Crippen LogP contribution in [-0.2, 0) is 0 Å². The fourth-order valence-corrected chi connectivity index (χ4v) is 9.10. The minimum atomic E-state index is 0.313. The Balaban J connectivity index is 1.38. The van der Waals surface area contributed by atoms with Gasteiger partial charge in [-0.3, -0.25) is 0 Å². The average molecular weight is 599 g/mol. The molecule has 0 amide bonds. The lowest BCUT2D eigenvalue weighted by atomic mass is 9.74. The molecule has 7 rings (SSSR count). The summed E-state index contributed by atoms with van der Waals surface area (Å²) in [6.45, 7) is 6.48. The van der Waals surface area contributed by atoms with Crippen molar-refractivity contribution < 1.29 is 0 Å². The molecule has 0 saturated heterocycles. The summed E-state index contributed by atoms with van der Waals surface area (Å²) in [7, 11) is 0. The lowest BCUT2D eigenvalue weighted by Crippen LogP contribution is -2.14. The van der Waals surface area contributed by atoms with Gasteiger partial charge >= 0.3 is 0 Å². The van der Waals surface area contributed by atoms with Crippen molar-refractivity contribution in [2.24, 2.45) is 11.8 Å². The summed E-state index contributed by atoms with van der Waals surface area (Å²) in [5.74, 6) is 3.31. The van der Waals surface area contributed by atoms with Gasteiger partial charge in [0, 0.05) is 0 Å². The zero-order chi connectivity index (χ0) is 31.3. The molecule has 5 aromatic rings. The molecule has 0 spiro atoms. The van der Waals surface area contributed by atoms with Crippen LogP contribution in [0, 0.1) is 11.8 Å². The first-order valence-corrected chi connectivity index (χ1v) is 17.4. The maximum atomic E-state index is 4.25. The molecule has 0 N–H and O–H groups in total. The fourth-order valence-electron chi connectivity index (χ4n) is 9.10. The van der Waals surface area contributed by atoms with Crippen molar-refractivity contribution in [2.75, 3.05) is 0 Å². The zero-order valence-corrected chi connectivity index (χ0v) is 27.0. The van der Waals surface area contributed by atoms with E-state index in [1.165, 1.54) is 46.2 Å². The Kier molecular flexibility index (Phi) is 9.15. The first-order chi connectivity index (χ1) is 22.8. The summed E-state index contributed by atoms with van der Waals surface area (Å²) < 4.78 is 0. The molecule has 230 valence electrons. The van der Waals surface area contributed by atoms with E-state index in [-0.39, 0.29) is 0 Å². The molecule has 2 aliphatic rings. The summed E-state index contributed by atoms with van der Waals surface area (Å²) in [5, 5.41) is 0. The Bertz CT molecular complexity index is 1610.